The van der Waals surface area contributed by atoms with E-state index in [-0.39, 0.29) is 5.92 Å². The maximum atomic E-state index is 10.5. The van der Waals surface area contributed by atoms with Crippen LogP contribution in [0.1, 0.15) is 18.9 Å². The van der Waals surface area contributed by atoms with Gasteiger partial charge in [0.25, 0.3) is 0 Å². The second kappa shape index (κ2) is 5.31. The SMILES string of the molecule is CCC(C=O)/C=C\c1ccccc1. The van der Waals surface area contributed by atoms with Crippen LogP contribution in [-0.2, 0) is 4.79 Å². The summed E-state index contributed by atoms with van der Waals surface area (Å²) in [7, 11) is 0. The number of allylic oxidation sites excluding steroid dienone is 1. The van der Waals surface area contributed by atoms with E-state index in [9.17, 15) is 4.79 Å². The molecule has 1 unspecified atom stereocenters. The summed E-state index contributed by atoms with van der Waals surface area (Å²) in [6, 6.07) is 10.00. The molecule has 1 aromatic rings. The third kappa shape index (κ3) is 3.24. The molecule has 68 valence electrons. The molecule has 0 N–H and O–H groups in total. The lowest BCUT2D eigenvalue weighted by Gasteiger charge is -1.97. The third-order valence-electron chi connectivity index (χ3n) is 1.98. The van der Waals surface area contributed by atoms with E-state index in [0.29, 0.717) is 0 Å². The number of carbonyl (C=O) groups is 1. The lowest BCUT2D eigenvalue weighted by Crippen LogP contribution is -1.93. The molecule has 0 aliphatic rings. The predicted molar refractivity (Wildman–Crippen MR) is 55.3 cm³/mol. The third-order valence-corrected chi connectivity index (χ3v) is 1.98. The lowest BCUT2D eigenvalue weighted by molar-refractivity contribution is -0.109. The van der Waals surface area contributed by atoms with E-state index in [1.54, 1.807) is 0 Å². The van der Waals surface area contributed by atoms with Gasteiger partial charge in [0.2, 0.25) is 0 Å². The molecule has 0 aromatic heterocycles. The molecule has 0 heterocycles. The fraction of sp³-hybridized carbons (Fsp3) is 0.250. The molecule has 0 aliphatic heterocycles. The van der Waals surface area contributed by atoms with Gasteiger partial charge in [0.1, 0.15) is 6.29 Å². The summed E-state index contributed by atoms with van der Waals surface area (Å²) < 4.78 is 0. The van der Waals surface area contributed by atoms with Crippen LogP contribution in [0.25, 0.3) is 6.08 Å². The van der Waals surface area contributed by atoms with Gasteiger partial charge in [-0.15, -0.1) is 0 Å². The molecule has 0 radical (unpaired) electrons. The van der Waals surface area contributed by atoms with E-state index < -0.39 is 0 Å². The first kappa shape index (κ1) is 9.72. The highest BCUT2D eigenvalue weighted by molar-refractivity contribution is 5.61. The standard InChI is InChI=1S/C12H14O/c1-2-11(10-13)8-9-12-6-4-3-5-7-12/h3-11H,2H2,1H3/b9-8-. The largest absolute Gasteiger partial charge is 0.303 e. The van der Waals surface area contributed by atoms with Crippen LogP contribution in [0.4, 0.5) is 0 Å². The van der Waals surface area contributed by atoms with Gasteiger partial charge in [-0.25, -0.2) is 0 Å². The van der Waals surface area contributed by atoms with Crippen molar-refractivity contribution in [2.75, 3.05) is 0 Å². The average Bonchev–Trinajstić information content (AvgIpc) is 2.21. The first-order chi connectivity index (χ1) is 6.36. The molecule has 0 spiro atoms. The molecule has 0 amide bonds. The molecular weight excluding hydrogens is 160 g/mol. The minimum absolute atomic E-state index is 0.0557. The van der Waals surface area contributed by atoms with Crippen molar-refractivity contribution in [1.29, 1.82) is 0 Å². The van der Waals surface area contributed by atoms with E-state index in [1.807, 2.05) is 49.4 Å². The first-order valence-electron chi connectivity index (χ1n) is 4.55. The van der Waals surface area contributed by atoms with Gasteiger partial charge in [-0.2, -0.15) is 0 Å². The maximum Gasteiger partial charge on any atom is 0.126 e. The van der Waals surface area contributed by atoms with Crippen LogP contribution < -0.4 is 0 Å². The Balaban J connectivity index is 2.62. The van der Waals surface area contributed by atoms with E-state index in [0.717, 1.165) is 18.3 Å². The molecule has 1 heteroatoms. The Labute approximate surface area is 79.1 Å². The van der Waals surface area contributed by atoms with Crippen LogP contribution in [-0.4, -0.2) is 6.29 Å². The van der Waals surface area contributed by atoms with Gasteiger partial charge >= 0.3 is 0 Å². The fourth-order valence-corrected chi connectivity index (χ4v) is 1.08. The minimum atomic E-state index is 0.0557. The topological polar surface area (TPSA) is 17.1 Å². The highest BCUT2D eigenvalue weighted by Crippen LogP contribution is 2.06. The molecule has 1 nitrogen and oxygen atoms in total. The fourth-order valence-electron chi connectivity index (χ4n) is 1.08. The first-order valence-corrected chi connectivity index (χ1v) is 4.55. The van der Waals surface area contributed by atoms with Crippen molar-refractivity contribution < 1.29 is 4.79 Å². The van der Waals surface area contributed by atoms with Crippen LogP contribution in [0.15, 0.2) is 36.4 Å². The van der Waals surface area contributed by atoms with E-state index in [2.05, 4.69) is 0 Å². The van der Waals surface area contributed by atoms with Crippen molar-refractivity contribution in [3.8, 4) is 0 Å². The van der Waals surface area contributed by atoms with Gasteiger partial charge < -0.3 is 4.79 Å². The number of hydrogen-bond donors (Lipinski definition) is 0. The number of rotatable bonds is 4. The summed E-state index contributed by atoms with van der Waals surface area (Å²) in [5.41, 5.74) is 1.14. The molecule has 0 aliphatic carbocycles. The molecule has 13 heavy (non-hydrogen) atoms. The summed E-state index contributed by atoms with van der Waals surface area (Å²) in [5, 5.41) is 0. The Morgan fingerprint density at radius 2 is 2.00 bits per heavy atom. The Morgan fingerprint density at radius 1 is 1.31 bits per heavy atom. The van der Waals surface area contributed by atoms with Crippen LogP contribution in [0.2, 0.25) is 0 Å². The molecule has 1 atom stereocenters. The quantitative estimate of drug-likeness (QED) is 0.641. The van der Waals surface area contributed by atoms with Gasteiger partial charge in [0, 0.05) is 5.92 Å². The van der Waals surface area contributed by atoms with E-state index >= 15 is 0 Å². The van der Waals surface area contributed by atoms with Crippen molar-refractivity contribution in [1.82, 2.24) is 0 Å². The zero-order valence-corrected chi connectivity index (χ0v) is 7.81. The highest BCUT2D eigenvalue weighted by atomic mass is 16.1. The summed E-state index contributed by atoms with van der Waals surface area (Å²) in [6.45, 7) is 2.01. The van der Waals surface area contributed by atoms with E-state index in [4.69, 9.17) is 0 Å². The van der Waals surface area contributed by atoms with Crippen LogP contribution in [0, 0.1) is 5.92 Å². The molecule has 0 bridgehead atoms. The summed E-state index contributed by atoms with van der Waals surface area (Å²) in [4.78, 5) is 10.5. The van der Waals surface area contributed by atoms with Gasteiger partial charge in [0.05, 0.1) is 0 Å². The monoisotopic (exact) mass is 174 g/mol. The van der Waals surface area contributed by atoms with Crippen molar-refractivity contribution in [3.05, 3.63) is 42.0 Å². The zero-order valence-electron chi connectivity index (χ0n) is 7.81. The molecule has 1 rings (SSSR count). The number of aldehydes is 1. The van der Waals surface area contributed by atoms with Gasteiger partial charge in [-0.3, -0.25) is 0 Å². The molecule has 0 saturated heterocycles. The van der Waals surface area contributed by atoms with Crippen molar-refractivity contribution >= 4 is 12.4 Å². The number of hydrogen-bond acceptors (Lipinski definition) is 1. The average molecular weight is 174 g/mol. The van der Waals surface area contributed by atoms with Crippen LogP contribution >= 0.6 is 0 Å². The molecular formula is C12H14O. The summed E-state index contributed by atoms with van der Waals surface area (Å²) >= 11 is 0. The Kier molecular flexibility index (Phi) is 3.97. The number of carbonyl (C=O) groups excluding carboxylic acids is 1. The Bertz CT molecular complexity index is 274. The lowest BCUT2D eigenvalue weighted by atomic mass is 10.1. The van der Waals surface area contributed by atoms with Gasteiger partial charge in [-0.05, 0) is 12.0 Å². The van der Waals surface area contributed by atoms with Gasteiger partial charge in [-0.1, -0.05) is 49.4 Å². The van der Waals surface area contributed by atoms with Crippen molar-refractivity contribution in [2.45, 2.75) is 13.3 Å². The second-order valence-electron chi connectivity index (χ2n) is 2.98. The molecule has 0 fully saturated rings. The highest BCUT2D eigenvalue weighted by Gasteiger charge is 1.96. The van der Waals surface area contributed by atoms with Crippen molar-refractivity contribution in [2.24, 2.45) is 5.92 Å². The van der Waals surface area contributed by atoms with Crippen molar-refractivity contribution in [3.63, 3.8) is 0 Å². The number of benzene rings is 1. The van der Waals surface area contributed by atoms with E-state index in [1.165, 1.54) is 0 Å². The van der Waals surface area contributed by atoms with Crippen LogP contribution in [0.5, 0.6) is 0 Å². The smallest absolute Gasteiger partial charge is 0.126 e. The maximum absolute atomic E-state index is 10.5. The second-order valence-corrected chi connectivity index (χ2v) is 2.98. The summed E-state index contributed by atoms with van der Waals surface area (Å²) in [5.74, 6) is 0.0557. The molecule has 0 saturated carbocycles. The predicted octanol–water partition coefficient (Wildman–Crippen LogP) is 2.92. The molecule has 1 aromatic carbocycles. The van der Waals surface area contributed by atoms with Gasteiger partial charge in [0.15, 0.2) is 0 Å². The Hall–Kier alpha value is -1.37. The zero-order chi connectivity index (χ0) is 9.52. The normalized spacial score (nSPS) is 13.0. The Morgan fingerprint density at radius 3 is 2.54 bits per heavy atom. The van der Waals surface area contributed by atoms with Crippen LogP contribution in [0.3, 0.4) is 0 Å². The summed E-state index contributed by atoms with van der Waals surface area (Å²) in [6.07, 6.45) is 5.79. The minimum Gasteiger partial charge on any atom is -0.303 e.